The second kappa shape index (κ2) is 6.77. The number of hydrogen-bond donors (Lipinski definition) is 2. The third-order valence-corrected chi connectivity index (χ3v) is 4.50. The van der Waals surface area contributed by atoms with E-state index >= 15 is 0 Å². The summed E-state index contributed by atoms with van der Waals surface area (Å²) >= 11 is 15.5. The molecule has 116 valence electrons. The minimum absolute atomic E-state index is 0.0814. The van der Waals surface area contributed by atoms with Crippen LogP contribution in [0.4, 0.5) is 17.1 Å². The summed E-state index contributed by atoms with van der Waals surface area (Å²) in [6.07, 6.45) is 0. The number of carboxylic acid groups (broad SMARTS) is 1. The molecule has 4 nitrogen and oxygen atoms in total. The van der Waals surface area contributed by atoms with Crippen LogP contribution in [0.2, 0.25) is 10.0 Å². The van der Waals surface area contributed by atoms with Crippen molar-refractivity contribution in [3.8, 4) is 0 Å². The van der Waals surface area contributed by atoms with Crippen molar-refractivity contribution in [2.24, 2.45) is 0 Å². The molecule has 0 spiro atoms. The minimum Gasteiger partial charge on any atom is -0.478 e. The van der Waals surface area contributed by atoms with Crippen LogP contribution < -0.4 is 10.2 Å². The Hall–Kier alpha value is -1.43. The third kappa shape index (κ3) is 3.48. The molecule has 0 radical (unpaired) electrons. The maximum Gasteiger partial charge on any atom is 0.337 e. The first-order valence-corrected chi connectivity index (χ1v) is 7.81. The molecule has 22 heavy (non-hydrogen) atoms. The molecule has 2 N–H and O–H groups in total. The van der Waals surface area contributed by atoms with Crippen molar-refractivity contribution >= 4 is 62.2 Å². The van der Waals surface area contributed by atoms with Gasteiger partial charge in [0.05, 0.1) is 32.7 Å². The highest BCUT2D eigenvalue weighted by molar-refractivity contribution is 9.10. The third-order valence-electron chi connectivity index (χ3n) is 2.99. The van der Waals surface area contributed by atoms with Crippen LogP contribution >= 0.6 is 39.1 Å². The van der Waals surface area contributed by atoms with E-state index in [-0.39, 0.29) is 5.56 Å². The molecule has 2 aromatic rings. The van der Waals surface area contributed by atoms with Crippen molar-refractivity contribution in [1.29, 1.82) is 0 Å². The molecule has 0 aliphatic carbocycles. The van der Waals surface area contributed by atoms with Gasteiger partial charge in [0.15, 0.2) is 0 Å². The van der Waals surface area contributed by atoms with E-state index in [1.165, 1.54) is 6.07 Å². The molecule has 0 aliphatic rings. The van der Waals surface area contributed by atoms with E-state index < -0.39 is 5.97 Å². The molecule has 0 amide bonds. The summed E-state index contributed by atoms with van der Waals surface area (Å²) in [6, 6.07) is 8.43. The zero-order valence-electron chi connectivity index (χ0n) is 11.8. The topological polar surface area (TPSA) is 52.6 Å². The lowest BCUT2D eigenvalue weighted by Gasteiger charge is -2.21. The number of rotatable bonds is 4. The average molecular weight is 404 g/mol. The van der Waals surface area contributed by atoms with Gasteiger partial charge in [-0.25, -0.2) is 4.79 Å². The molecule has 0 bridgehead atoms. The largest absolute Gasteiger partial charge is 0.478 e. The van der Waals surface area contributed by atoms with Gasteiger partial charge in [0.1, 0.15) is 0 Å². The van der Waals surface area contributed by atoms with Gasteiger partial charge in [0.25, 0.3) is 0 Å². The smallest absolute Gasteiger partial charge is 0.337 e. The lowest BCUT2D eigenvalue weighted by Crippen LogP contribution is -2.12. The zero-order chi connectivity index (χ0) is 16.4. The molecule has 2 aromatic carbocycles. The Morgan fingerprint density at radius 3 is 2.45 bits per heavy atom. The summed E-state index contributed by atoms with van der Waals surface area (Å²) in [5.41, 5.74) is 1.98. The van der Waals surface area contributed by atoms with E-state index in [9.17, 15) is 9.90 Å². The molecule has 0 fully saturated rings. The van der Waals surface area contributed by atoms with Crippen LogP contribution in [0, 0.1) is 0 Å². The standard InChI is InChI=1S/C15H13BrCl2N2O2/c1-20(2)14-10(17)4-3-5-12(14)19-13-7-9(16)11(18)6-8(13)15(21)22/h3-7,19H,1-2H3,(H,21,22). The van der Waals surface area contributed by atoms with Crippen LogP contribution in [0.3, 0.4) is 0 Å². The Morgan fingerprint density at radius 2 is 1.86 bits per heavy atom. The van der Waals surface area contributed by atoms with Gasteiger partial charge < -0.3 is 15.3 Å². The van der Waals surface area contributed by atoms with Gasteiger partial charge in [0, 0.05) is 18.6 Å². The van der Waals surface area contributed by atoms with Crippen LogP contribution in [0.25, 0.3) is 0 Å². The van der Waals surface area contributed by atoms with Gasteiger partial charge in [-0.3, -0.25) is 0 Å². The molecule has 2 rings (SSSR count). The highest BCUT2D eigenvalue weighted by Gasteiger charge is 2.16. The quantitative estimate of drug-likeness (QED) is 0.730. The van der Waals surface area contributed by atoms with E-state index in [1.807, 2.05) is 25.1 Å². The summed E-state index contributed by atoms with van der Waals surface area (Å²) in [5, 5.41) is 13.4. The highest BCUT2D eigenvalue weighted by Crippen LogP contribution is 2.37. The predicted octanol–water partition coefficient (Wildman–Crippen LogP) is 5.26. The predicted molar refractivity (Wildman–Crippen MR) is 95.2 cm³/mol. The fourth-order valence-corrected chi connectivity index (χ4v) is 2.89. The lowest BCUT2D eigenvalue weighted by atomic mass is 10.1. The summed E-state index contributed by atoms with van der Waals surface area (Å²) in [6.45, 7) is 0. The van der Waals surface area contributed by atoms with E-state index in [4.69, 9.17) is 23.2 Å². The number of nitrogens with zero attached hydrogens (tertiary/aromatic N) is 1. The van der Waals surface area contributed by atoms with Gasteiger partial charge in [0.2, 0.25) is 0 Å². The first-order valence-electron chi connectivity index (χ1n) is 6.26. The van der Waals surface area contributed by atoms with Gasteiger partial charge in [-0.1, -0.05) is 29.3 Å². The van der Waals surface area contributed by atoms with Gasteiger partial charge >= 0.3 is 5.97 Å². The number of nitrogens with one attached hydrogen (secondary N) is 1. The number of carbonyl (C=O) groups is 1. The first kappa shape index (κ1) is 16.9. The first-order chi connectivity index (χ1) is 10.3. The molecule has 0 aromatic heterocycles. The normalized spacial score (nSPS) is 10.4. The second-order valence-corrected chi connectivity index (χ2v) is 6.44. The molecule has 0 saturated heterocycles. The Balaban J connectivity index is 2.54. The molecule has 7 heteroatoms. The van der Waals surface area contributed by atoms with Crippen molar-refractivity contribution in [2.45, 2.75) is 0 Å². The fourth-order valence-electron chi connectivity index (χ4n) is 2.04. The maximum atomic E-state index is 11.4. The molecular weight excluding hydrogens is 391 g/mol. The number of para-hydroxylation sites is 1. The van der Waals surface area contributed by atoms with Crippen molar-refractivity contribution in [3.05, 3.63) is 50.4 Å². The Kier molecular flexibility index (Phi) is 5.21. The Bertz CT molecular complexity index is 736. The number of aromatic carboxylic acids is 1. The van der Waals surface area contributed by atoms with Crippen molar-refractivity contribution < 1.29 is 9.90 Å². The van der Waals surface area contributed by atoms with Crippen LogP contribution in [-0.2, 0) is 0 Å². The minimum atomic E-state index is -1.06. The molecular formula is C15H13BrCl2N2O2. The molecule has 0 heterocycles. The maximum absolute atomic E-state index is 11.4. The van der Waals surface area contributed by atoms with Crippen LogP contribution in [0.15, 0.2) is 34.8 Å². The monoisotopic (exact) mass is 402 g/mol. The molecule has 0 aliphatic heterocycles. The SMILES string of the molecule is CN(C)c1c(Cl)cccc1Nc1cc(Br)c(Cl)cc1C(=O)O. The zero-order valence-corrected chi connectivity index (χ0v) is 14.9. The van der Waals surface area contributed by atoms with Crippen LogP contribution in [0.5, 0.6) is 0 Å². The van der Waals surface area contributed by atoms with Crippen molar-refractivity contribution in [1.82, 2.24) is 0 Å². The van der Waals surface area contributed by atoms with E-state index in [2.05, 4.69) is 21.2 Å². The number of benzene rings is 2. The summed E-state index contributed by atoms with van der Waals surface area (Å²) < 4.78 is 0.607. The molecule has 0 unspecified atom stereocenters. The summed E-state index contributed by atoms with van der Waals surface area (Å²) in [5.74, 6) is -1.06. The van der Waals surface area contributed by atoms with E-state index in [0.717, 1.165) is 5.69 Å². The second-order valence-electron chi connectivity index (χ2n) is 4.77. The van der Waals surface area contributed by atoms with Crippen molar-refractivity contribution in [2.75, 3.05) is 24.3 Å². The Morgan fingerprint density at radius 1 is 1.18 bits per heavy atom. The van der Waals surface area contributed by atoms with Crippen LogP contribution in [0.1, 0.15) is 10.4 Å². The fraction of sp³-hybridized carbons (Fsp3) is 0.133. The molecule has 0 atom stereocenters. The Labute approximate surface area is 146 Å². The number of halogens is 3. The number of anilines is 3. The highest BCUT2D eigenvalue weighted by atomic mass is 79.9. The number of hydrogen-bond acceptors (Lipinski definition) is 3. The van der Waals surface area contributed by atoms with Gasteiger partial charge in [-0.2, -0.15) is 0 Å². The average Bonchev–Trinajstić information content (AvgIpc) is 2.42. The lowest BCUT2D eigenvalue weighted by molar-refractivity contribution is 0.0698. The van der Waals surface area contributed by atoms with Gasteiger partial charge in [-0.05, 0) is 40.2 Å². The van der Waals surface area contributed by atoms with E-state index in [0.29, 0.717) is 25.9 Å². The number of carboxylic acids is 1. The van der Waals surface area contributed by atoms with E-state index in [1.54, 1.807) is 18.2 Å². The summed E-state index contributed by atoms with van der Waals surface area (Å²) in [7, 11) is 3.73. The van der Waals surface area contributed by atoms with Gasteiger partial charge in [-0.15, -0.1) is 0 Å². The van der Waals surface area contributed by atoms with Crippen LogP contribution in [-0.4, -0.2) is 25.2 Å². The van der Waals surface area contributed by atoms with Crippen molar-refractivity contribution in [3.63, 3.8) is 0 Å². The summed E-state index contributed by atoms with van der Waals surface area (Å²) in [4.78, 5) is 13.3. The molecule has 0 saturated carbocycles.